The molecule has 1 aromatic heterocycles. The summed E-state index contributed by atoms with van der Waals surface area (Å²) < 4.78 is 9.52. The second-order valence-corrected chi connectivity index (χ2v) is 3.11. The van der Waals surface area contributed by atoms with Crippen molar-refractivity contribution < 1.29 is 13.9 Å². The number of rotatable bonds is 4. The first-order chi connectivity index (χ1) is 6.33. The summed E-state index contributed by atoms with van der Waals surface area (Å²) in [6.07, 6.45) is 3.01. The lowest BCUT2D eigenvalue weighted by Gasteiger charge is -1.91. The summed E-state index contributed by atoms with van der Waals surface area (Å²) in [6.45, 7) is 0. The van der Waals surface area contributed by atoms with Crippen molar-refractivity contribution in [3.63, 3.8) is 0 Å². The van der Waals surface area contributed by atoms with Gasteiger partial charge < -0.3 is 9.15 Å². The molecule has 0 aliphatic rings. The lowest BCUT2D eigenvalue weighted by Crippen LogP contribution is -1.92. The fraction of sp³-hybridized carbons (Fsp3) is 0.222. The Morgan fingerprint density at radius 1 is 1.77 bits per heavy atom. The number of carbonyl (C=O) groups is 1. The summed E-state index contributed by atoms with van der Waals surface area (Å²) >= 11 is 1.48. The Balaban J connectivity index is 2.21. The van der Waals surface area contributed by atoms with Gasteiger partial charge in [0, 0.05) is 6.08 Å². The maximum absolute atomic E-state index is 10.6. The highest BCUT2D eigenvalue weighted by Crippen LogP contribution is 2.12. The van der Waals surface area contributed by atoms with Crippen LogP contribution in [0.2, 0.25) is 0 Å². The van der Waals surface area contributed by atoms with Gasteiger partial charge in [-0.1, -0.05) is 0 Å². The van der Waals surface area contributed by atoms with E-state index in [1.165, 1.54) is 24.9 Å². The summed E-state index contributed by atoms with van der Waals surface area (Å²) in [5, 5.41) is 1.69. The fourth-order valence-corrected chi connectivity index (χ4v) is 1.33. The Bertz CT molecular complexity index is 277. The van der Waals surface area contributed by atoms with Crippen molar-refractivity contribution in [1.29, 1.82) is 0 Å². The van der Waals surface area contributed by atoms with Gasteiger partial charge in [0.05, 0.1) is 19.1 Å². The minimum absolute atomic E-state index is 0.341. The number of hydrogen-bond donors (Lipinski definition) is 0. The van der Waals surface area contributed by atoms with Crippen LogP contribution in [0.4, 0.5) is 0 Å². The van der Waals surface area contributed by atoms with Gasteiger partial charge in [-0.15, -0.1) is 11.8 Å². The van der Waals surface area contributed by atoms with Crippen molar-refractivity contribution in [3.05, 3.63) is 35.6 Å². The van der Waals surface area contributed by atoms with Crippen LogP contribution in [0, 0.1) is 0 Å². The summed E-state index contributed by atoms with van der Waals surface area (Å²) in [5.41, 5.74) is 0. The molecule has 0 amide bonds. The second kappa shape index (κ2) is 5.48. The van der Waals surface area contributed by atoms with Crippen molar-refractivity contribution >= 4 is 17.7 Å². The Kier molecular flexibility index (Phi) is 4.18. The van der Waals surface area contributed by atoms with Gasteiger partial charge in [0.25, 0.3) is 0 Å². The van der Waals surface area contributed by atoms with Gasteiger partial charge in [-0.05, 0) is 17.5 Å². The number of thioether (sulfide) groups is 1. The Hall–Kier alpha value is -1.16. The molecule has 1 heterocycles. The lowest BCUT2D eigenvalue weighted by molar-refractivity contribution is -0.134. The van der Waals surface area contributed by atoms with E-state index in [0.29, 0.717) is 0 Å². The number of hydrogen-bond acceptors (Lipinski definition) is 4. The predicted octanol–water partition coefficient (Wildman–Crippen LogP) is 2.20. The normalized spacial score (nSPS) is 10.5. The van der Waals surface area contributed by atoms with E-state index in [-0.39, 0.29) is 5.97 Å². The first-order valence-corrected chi connectivity index (χ1v) is 4.76. The molecule has 0 bridgehead atoms. The molecule has 0 radical (unpaired) electrons. The van der Waals surface area contributed by atoms with E-state index < -0.39 is 0 Å². The zero-order chi connectivity index (χ0) is 9.52. The van der Waals surface area contributed by atoms with E-state index in [1.54, 1.807) is 11.7 Å². The topological polar surface area (TPSA) is 39.4 Å². The lowest BCUT2D eigenvalue weighted by atomic mass is 10.5. The van der Waals surface area contributed by atoms with Crippen LogP contribution in [-0.4, -0.2) is 13.1 Å². The first kappa shape index (κ1) is 9.92. The number of carbonyl (C=O) groups excluding carboxylic acids is 1. The van der Waals surface area contributed by atoms with Crippen LogP contribution in [0.3, 0.4) is 0 Å². The molecule has 4 heteroatoms. The maximum atomic E-state index is 10.6. The van der Waals surface area contributed by atoms with E-state index in [4.69, 9.17) is 4.42 Å². The third-order valence-electron chi connectivity index (χ3n) is 1.31. The molecule has 0 spiro atoms. The molecule has 0 atom stereocenters. The number of methoxy groups -OCH3 is 1. The molecule has 0 unspecified atom stereocenters. The fourth-order valence-electron chi connectivity index (χ4n) is 0.697. The van der Waals surface area contributed by atoms with Gasteiger partial charge in [0.15, 0.2) is 0 Å². The Labute approximate surface area is 80.8 Å². The second-order valence-electron chi connectivity index (χ2n) is 2.22. The number of ether oxygens (including phenoxy) is 1. The molecule has 0 N–H and O–H groups in total. The number of esters is 1. The smallest absolute Gasteiger partial charge is 0.330 e. The quantitative estimate of drug-likeness (QED) is 0.549. The zero-order valence-corrected chi connectivity index (χ0v) is 8.04. The molecule has 0 aliphatic heterocycles. The van der Waals surface area contributed by atoms with Crippen molar-refractivity contribution in [2.75, 3.05) is 7.11 Å². The predicted molar refractivity (Wildman–Crippen MR) is 51.2 cm³/mol. The van der Waals surface area contributed by atoms with Crippen molar-refractivity contribution in [2.45, 2.75) is 5.75 Å². The Morgan fingerprint density at radius 3 is 3.23 bits per heavy atom. The SMILES string of the molecule is COC(=O)C=CSCc1ccco1. The molecule has 0 aromatic carbocycles. The van der Waals surface area contributed by atoms with Gasteiger partial charge in [-0.25, -0.2) is 4.79 Å². The molecule has 13 heavy (non-hydrogen) atoms. The standard InChI is InChI=1S/C9H10O3S/c1-11-9(10)4-6-13-7-8-3-2-5-12-8/h2-6H,7H2,1H3. The highest BCUT2D eigenvalue weighted by molar-refractivity contribution is 8.01. The molecule has 0 saturated carbocycles. The first-order valence-electron chi connectivity index (χ1n) is 3.71. The highest BCUT2D eigenvalue weighted by Gasteiger charge is 1.94. The van der Waals surface area contributed by atoms with E-state index in [9.17, 15) is 4.79 Å². The largest absolute Gasteiger partial charge is 0.468 e. The van der Waals surface area contributed by atoms with Crippen LogP contribution in [0.5, 0.6) is 0 Å². The van der Waals surface area contributed by atoms with Gasteiger partial charge in [0.1, 0.15) is 5.76 Å². The summed E-state index contributed by atoms with van der Waals surface area (Å²) in [6, 6.07) is 3.72. The molecule has 3 nitrogen and oxygen atoms in total. The van der Waals surface area contributed by atoms with Crippen LogP contribution < -0.4 is 0 Å². The molecule has 0 saturated heterocycles. The molecule has 70 valence electrons. The van der Waals surface area contributed by atoms with E-state index >= 15 is 0 Å². The molecular formula is C9H10O3S. The third kappa shape index (κ3) is 3.85. The van der Waals surface area contributed by atoms with E-state index in [2.05, 4.69) is 4.74 Å². The minimum Gasteiger partial charge on any atom is -0.468 e. The van der Waals surface area contributed by atoms with Crippen LogP contribution in [0.25, 0.3) is 0 Å². The minimum atomic E-state index is -0.341. The number of furan rings is 1. The van der Waals surface area contributed by atoms with Crippen LogP contribution >= 0.6 is 11.8 Å². The van der Waals surface area contributed by atoms with Crippen molar-refractivity contribution in [1.82, 2.24) is 0 Å². The zero-order valence-electron chi connectivity index (χ0n) is 7.23. The average molecular weight is 198 g/mol. The van der Waals surface area contributed by atoms with Crippen molar-refractivity contribution in [3.8, 4) is 0 Å². The third-order valence-corrected chi connectivity index (χ3v) is 2.09. The van der Waals surface area contributed by atoms with E-state index in [1.807, 2.05) is 12.1 Å². The van der Waals surface area contributed by atoms with E-state index in [0.717, 1.165) is 11.5 Å². The van der Waals surface area contributed by atoms with Crippen molar-refractivity contribution in [2.24, 2.45) is 0 Å². The molecule has 0 fully saturated rings. The Morgan fingerprint density at radius 2 is 2.62 bits per heavy atom. The average Bonchev–Trinajstić information content (AvgIpc) is 2.64. The van der Waals surface area contributed by atoms with Gasteiger partial charge in [0.2, 0.25) is 0 Å². The summed E-state index contributed by atoms with van der Waals surface area (Å²) in [4.78, 5) is 10.6. The summed E-state index contributed by atoms with van der Waals surface area (Å²) in [5.74, 6) is 1.27. The maximum Gasteiger partial charge on any atom is 0.330 e. The highest BCUT2D eigenvalue weighted by atomic mass is 32.2. The van der Waals surface area contributed by atoms with Crippen LogP contribution in [-0.2, 0) is 15.3 Å². The molecule has 1 rings (SSSR count). The van der Waals surface area contributed by atoms with Gasteiger partial charge >= 0.3 is 5.97 Å². The van der Waals surface area contributed by atoms with Gasteiger partial charge in [-0.3, -0.25) is 0 Å². The van der Waals surface area contributed by atoms with Crippen LogP contribution in [0.15, 0.2) is 34.3 Å². The van der Waals surface area contributed by atoms with Crippen LogP contribution in [0.1, 0.15) is 5.76 Å². The molecule has 0 aliphatic carbocycles. The van der Waals surface area contributed by atoms with Gasteiger partial charge in [-0.2, -0.15) is 0 Å². The monoisotopic (exact) mass is 198 g/mol. The summed E-state index contributed by atoms with van der Waals surface area (Å²) in [7, 11) is 1.35. The molecular weight excluding hydrogens is 188 g/mol. The molecule has 1 aromatic rings.